The van der Waals surface area contributed by atoms with Crippen LogP contribution < -0.4 is 15.5 Å². The predicted molar refractivity (Wildman–Crippen MR) is 116 cm³/mol. The van der Waals surface area contributed by atoms with Gasteiger partial charge in [0.25, 0.3) is 5.91 Å². The van der Waals surface area contributed by atoms with Gasteiger partial charge in [-0.25, -0.2) is 4.79 Å². The van der Waals surface area contributed by atoms with Gasteiger partial charge in [0.2, 0.25) is 0 Å². The quantitative estimate of drug-likeness (QED) is 0.589. The lowest BCUT2D eigenvalue weighted by Crippen LogP contribution is -2.37. The minimum Gasteiger partial charge on any atom is -0.465 e. The number of morpholine rings is 1. The Morgan fingerprint density at radius 3 is 2.52 bits per heavy atom. The van der Waals surface area contributed by atoms with E-state index in [0.717, 1.165) is 11.3 Å². The van der Waals surface area contributed by atoms with Crippen molar-refractivity contribution in [2.75, 3.05) is 43.6 Å². The maximum atomic E-state index is 12.4. The first-order valence-corrected chi connectivity index (χ1v) is 9.63. The average molecular weight is 413 g/mol. The van der Waals surface area contributed by atoms with Crippen LogP contribution in [0, 0.1) is 6.92 Å². The minimum absolute atomic E-state index is 0.146. The number of thiocarbonyl (C=S) groups is 1. The highest BCUT2D eigenvalue weighted by Gasteiger charge is 2.20. The van der Waals surface area contributed by atoms with Crippen LogP contribution in [0.4, 0.5) is 11.4 Å². The van der Waals surface area contributed by atoms with E-state index in [9.17, 15) is 9.59 Å². The average Bonchev–Trinajstić information content (AvgIpc) is 2.74. The molecular formula is C21H23N3O4S. The summed E-state index contributed by atoms with van der Waals surface area (Å²) in [6, 6.07) is 12.6. The molecule has 0 bridgehead atoms. The highest BCUT2D eigenvalue weighted by molar-refractivity contribution is 7.80. The molecule has 3 rings (SSSR count). The van der Waals surface area contributed by atoms with Gasteiger partial charge in [-0.1, -0.05) is 18.2 Å². The molecule has 2 N–H and O–H groups in total. The second kappa shape index (κ2) is 9.49. The number of benzene rings is 2. The summed E-state index contributed by atoms with van der Waals surface area (Å²) in [4.78, 5) is 26.8. The standard InChI is InChI=1S/C21H23N3O4S/c1-14-5-3-4-6-16(14)19(25)23-21(29)22-15-7-8-18(17(13-15)20(26)27-2)24-9-11-28-12-10-24/h3-8,13H,9-12H2,1-2H3,(H2,22,23,25,29). The van der Waals surface area contributed by atoms with Crippen LogP contribution in [0.3, 0.4) is 0 Å². The van der Waals surface area contributed by atoms with Crippen molar-refractivity contribution in [3.63, 3.8) is 0 Å². The van der Waals surface area contributed by atoms with Crippen LogP contribution in [0.2, 0.25) is 0 Å². The van der Waals surface area contributed by atoms with E-state index in [-0.39, 0.29) is 11.0 Å². The number of hydrogen-bond donors (Lipinski definition) is 2. The lowest BCUT2D eigenvalue weighted by atomic mass is 10.1. The van der Waals surface area contributed by atoms with Crippen LogP contribution in [0.5, 0.6) is 0 Å². The van der Waals surface area contributed by atoms with Crippen molar-refractivity contribution >= 4 is 40.6 Å². The normalized spacial score (nSPS) is 13.5. The van der Waals surface area contributed by atoms with Crippen LogP contribution in [-0.2, 0) is 9.47 Å². The van der Waals surface area contributed by atoms with Crippen molar-refractivity contribution in [2.24, 2.45) is 0 Å². The Kier molecular flexibility index (Phi) is 6.79. The van der Waals surface area contributed by atoms with E-state index in [0.29, 0.717) is 43.1 Å². The Morgan fingerprint density at radius 1 is 1.10 bits per heavy atom. The molecule has 0 saturated carbocycles. The van der Waals surface area contributed by atoms with E-state index in [1.807, 2.05) is 31.2 Å². The Morgan fingerprint density at radius 2 is 1.83 bits per heavy atom. The molecule has 2 aromatic carbocycles. The largest absolute Gasteiger partial charge is 0.465 e. The summed E-state index contributed by atoms with van der Waals surface area (Å²) in [5.74, 6) is -0.733. The van der Waals surface area contributed by atoms with Crippen molar-refractivity contribution in [1.29, 1.82) is 0 Å². The second-order valence-corrected chi connectivity index (χ2v) is 6.95. The molecule has 0 atom stereocenters. The zero-order chi connectivity index (χ0) is 20.8. The predicted octanol–water partition coefficient (Wildman–Crippen LogP) is 2.75. The number of nitrogens with zero attached hydrogens (tertiary/aromatic N) is 1. The number of anilines is 2. The van der Waals surface area contributed by atoms with Gasteiger partial charge in [0.1, 0.15) is 0 Å². The fourth-order valence-electron chi connectivity index (χ4n) is 3.13. The molecule has 1 fully saturated rings. The van der Waals surface area contributed by atoms with Crippen molar-refractivity contribution < 1.29 is 19.1 Å². The SMILES string of the molecule is COC(=O)c1cc(NC(=S)NC(=O)c2ccccc2C)ccc1N1CCOCC1. The highest BCUT2D eigenvalue weighted by Crippen LogP contribution is 2.26. The fourth-order valence-corrected chi connectivity index (χ4v) is 3.34. The fraction of sp³-hybridized carbons (Fsp3) is 0.286. The summed E-state index contributed by atoms with van der Waals surface area (Å²) < 4.78 is 10.3. The molecular weight excluding hydrogens is 390 g/mol. The number of aryl methyl sites for hydroxylation is 1. The third-order valence-electron chi connectivity index (χ3n) is 4.63. The third-order valence-corrected chi connectivity index (χ3v) is 4.83. The van der Waals surface area contributed by atoms with Crippen LogP contribution in [0.1, 0.15) is 26.3 Å². The summed E-state index contributed by atoms with van der Waals surface area (Å²) in [7, 11) is 1.35. The Labute approximate surface area is 175 Å². The molecule has 152 valence electrons. The van der Waals surface area contributed by atoms with Gasteiger partial charge in [0, 0.05) is 24.3 Å². The molecule has 1 amide bonds. The van der Waals surface area contributed by atoms with Crippen molar-refractivity contribution in [3.8, 4) is 0 Å². The zero-order valence-corrected chi connectivity index (χ0v) is 17.2. The van der Waals surface area contributed by atoms with E-state index in [2.05, 4.69) is 15.5 Å². The van der Waals surface area contributed by atoms with Crippen LogP contribution in [0.25, 0.3) is 0 Å². The van der Waals surface area contributed by atoms with E-state index in [1.165, 1.54) is 7.11 Å². The van der Waals surface area contributed by atoms with E-state index in [4.69, 9.17) is 21.7 Å². The molecule has 1 saturated heterocycles. The van der Waals surface area contributed by atoms with Gasteiger partial charge in [-0.15, -0.1) is 0 Å². The van der Waals surface area contributed by atoms with Crippen LogP contribution >= 0.6 is 12.2 Å². The zero-order valence-electron chi connectivity index (χ0n) is 16.4. The monoisotopic (exact) mass is 413 g/mol. The summed E-state index contributed by atoms with van der Waals surface area (Å²) in [6.07, 6.45) is 0. The van der Waals surface area contributed by atoms with Gasteiger partial charge in [-0.3, -0.25) is 10.1 Å². The molecule has 0 unspecified atom stereocenters. The molecule has 8 heteroatoms. The molecule has 7 nitrogen and oxygen atoms in total. The Bertz CT molecular complexity index is 926. The molecule has 2 aromatic rings. The lowest BCUT2D eigenvalue weighted by molar-refractivity contribution is 0.0600. The lowest BCUT2D eigenvalue weighted by Gasteiger charge is -2.30. The van der Waals surface area contributed by atoms with Crippen LogP contribution in [0.15, 0.2) is 42.5 Å². The molecule has 1 aliphatic heterocycles. The first-order valence-electron chi connectivity index (χ1n) is 9.22. The number of carbonyl (C=O) groups is 2. The van der Waals surface area contributed by atoms with Gasteiger partial charge in [-0.2, -0.15) is 0 Å². The van der Waals surface area contributed by atoms with Gasteiger partial charge in [-0.05, 0) is 49.0 Å². The molecule has 1 aliphatic rings. The Hall–Kier alpha value is -2.97. The third kappa shape index (κ3) is 5.10. The number of ether oxygens (including phenoxy) is 2. The molecule has 1 heterocycles. The van der Waals surface area contributed by atoms with E-state index >= 15 is 0 Å². The smallest absolute Gasteiger partial charge is 0.340 e. The summed E-state index contributed by atoms with van der Waals surface area (Å²) in [6.45, 7) is 4.47. The number of carbonyl (C=O) groups excluding carboxylic acids is 2. The first kappa shape index (κ1) is 20.8. The van der Waals surface area contributed by atoms with E-state index in [1.54, 1.807) is 18.2 Å². The summed E-state index contributed by atoms with van der Waals surface area (Å²) in [5.41, 5.74) is 3.19. The van der Waals surface area contributed by atoms with Crippen molar-refractivity contribution in [3.05, 3.63) is 59.2 Å². The molecule has 0 aromatic heterocycles. The second-order valence-electron chi connectivity index (χ2n) is 6.55. The van der Waals surface area contributed by atoms with E-state index < -0.39 is 5.97 Å². The molecule has 0 aliphatic carbocycles. The minimum atomic E-state index is -0.440. The number of methoxy groups -OCH3 is 1. The maximum Gasteiger partial charge on any atom is 0.340 e. The molecule has 0 spiro atoms. The number of nitrogens with one attached hydrogen (secondary N) is 2. The molecule has 0 radical (unpaired) electrons. The Balaban J connectivity index is 1.74. The maximum absolute atomic E-state index is 12.4. The number of rotatable bonds is 4. The van der Waals surface area contributed by atoms with Gasteiger partial charge in [0.05, 0.1) is 31.6 Å². The van der Waals surface area contributed by atoms with Crippen LogP contribution in [-0.4, -0.2) is 50.4 Å². The highest BCUT2D eigenvalue weighted by atomic mass is 32.1. The number of amides is 1. The van der Waals surface area contributed by atoms with Crippen molar-refractivity contribution in [2.45, 2.75) is 6.92 Å². The number of hydrogen-bond acceptors (Lipinski definition) is 6. The topological polar surface area (TPSA) is 79.9 Å². The molecule has 29 heavy (non-hydrogen) atoms. The van der Waals surface area contributed by atoms with Gasteiger partial charge >= 0.3 is 5.97 Å². The van der Waals surface area contributed by atoms with Gasteiger partial charge < -0.3 is 19.7 Å². The van der Waals surface area contributed by atoms with Gasteiger partial charge in [0.15, 0.2) is 5.11 Å². The number of esters is 1. The summed E-state index contributed by atoms with van der Waals surface area (Å²) >= 11 is 5.26. The summed E-state index contributed by atoms with van der Waals surface area (Å²) in [5, 5.41) is 5.77. The van der Waals surface area contributed by atoms with Crippen molar-refractivity contribution in [1.82, 2.24) is 5.32 Å². The first-order chi connectivity index (χ1) is 14.0.